The smallest absolute Gasteiger partial charge is 0.258 e. The van der Waals surface area contributed by atoms with Crippen LogP contribution in [0.25, 0.3) is 10.8 Å². The quantitative estimate of drug-likeness (QED) is 0.659. The molecule has 0 saturated carbocycles. The predicted octanol–water partition coefficient (Wildman–Crippen LogP) is 3.81. The van der Waals surface area contributed by atoms with E-state index in [0.29, 0.717) is 12.4 Å². The molecule has 0 unspecified atom stereocenters. The van der Waals surface area contributed by atoms with E-state index in [4.69, 9.17) is 14.2 Å². The summed E-state index contributed by atoms with van der Waals surface area (Å²) in [5, 5.41) is 5.08. The van der Waals surface area contributed by atoms with Gasteiger partial charge in [-0.1, -0.05) is 30.3 Å². The molecule has 3 rings (SSSR count). The Labute approximate surface area is 158 Å². The Morgan fingerprint density at radius 2 is 1.56 bits per heavy atom. The van der Waals surface area contributed by atoms with Gasteiger partial charge in [0.25, 0.3) is 5.91 Å². The van der Waals surface area contributed by atoms with Crippen LogP contribution >= 0.6 is 0 Å². The average molecular weight is 365 g/mol. The Kier molecular flexibility index (Phi) is 6.15. The van der Waals surface area contributed by atoms with Crippen LogP contribution in [0.4, 0.5) is 0 Å². The molecule has 0 aromatic heterocycles. The van der Waals surface area contributed by atoms with Gasteiger partial charge in [-0.2, -0.15) is 0 Å². The highest BCUT2D eigenvalue weighted by molar-refractivity contribution is 5.84. The van der Waals surface area contributed by atoms with Gasteiger partial charge in [-0.25, -0.2) is 0 Å². The maximum Gasteiger partial charge on any atom is 0.258 e. The molecule has 0 aliphatic heterocycles. The zero-order chi connectivity index (χ0) is 19.1. The SMILES string of the molecule is COc1ccc(OC[C@@H](C)NC(=O)COc2ccc3ccccc3c2)cc1. The second-order valence-corrected chi connectivity index (χ2v) is 6.25. The molecular weight excluding hydrogens is 342 g/mol. The Balaban J connectivity index is 1.43. The summed E-state index contributed by atoms with van der Waals surface area (Å²) in [7, 11) is 1.62. The number of hydrogen-bond acceptors (Lipinski definition) is 4. The van der Waals surface area contributed by atoms with Gasteiger partial charge in [0.05, 0.1) is 13.2 Å². The highest BCUT2D eigenvalue weighted by Gasteiger charge is 2.09. The van der Waals surface area contributed by atoms with Crippen molar-refractivity contribution in [1.29, 1.82) is 0 Å². The topological polar surface area (TPSA) is 56.8 Å². The summed E-state index contributed by atoms with van der Waals surface area (Å²) >= 11 is 0. The van der Waals surface area contributed by atoms with Crippen molar-refractivity contribution in [3.05, 3.63) is 66.7 Å². The number of fused-ring (bicyclic) bond motifs is 1. The lowest BCUT2D eigenvalue weighted by atomic mass is 10.1. The minimum Gasteiger partial charge on any atom is -0.497 e. The summed E-state index contributed by atoms with van der Waals surface area (Å²) in [6, 6.07) is 21.0. The Hall–Kier alpha value is -3.21. The second-order valence-electron chi connectivity index (χ2n) is 6.25. The third-order valence-electron chi connectivity index (χ3n) is 4.06. The third kappa shape index (κ3) is 5.38. The standard InChI is InChI=1S/C22H23NO4/c1-16(14-26-20-11-9-19(25-2)10-12-20)23-22(24)15-27-21-8-7-17-5-3-4-6-18(17)13-21/h3-13,16H,14-15H2,1-2H3,(H,23,24)/t16-/m1/s1. The summed E-state index contributed by atoms with van der Waals surface area (Å²) in [5.74, 6) is 1.99. The maximum absolute atomic E-state index is 12.1. The van der Waals surface area contributed by atoms with E-state index in [0.717, 1.165) is 22.3 Å². The molecule has 1 atom stereocenters. The normalized spacial score (nSPS) is 11.6. The van der Waals surface area contributed by atoms with Gasteiger partial charge in [0.2, 0.25) is 0 Å². The number of methoxy groups -OCH3 is 1. The lowest BCUT2D eigenvalue weighted by Gasteiger charge is -2.15. The van der Waals surface area contributed by atoms with Crippen molar-refractivity contribution < 1.29 is 19.0 Å². The van der Waals surface area contributed by atoms with Gasteiger partial charge in [0.15, 0.2) is 6.61 Å². The summed E-state index contributed by atoms with van der Waals surface area (Å²) in [5.41, 5.74) is 0. The van der Waals surface area contributed by atoms with Crippen molar-refractivity contribution in [2.45, 2.75) is 13.0 Å². The number of amides is 1. The lowest BCUT2D eigenvalue weighted by molar-refractivity contribution is -0.123. The van der Waals surface area contributed by atoms with Crippen molar-refractivity contribution in [1.82, 2.24) is 5.32 Å². The summed E-state index contributed by atoms with van der Waals surface area (Å²) in [4.78, 5) is 12.1. The van der Waals surface area contributed by atoms with Gasteiger partial charge in [-0.3, -0.25) is 4.79 Å². The van der Waals surface area contributed by atoms with E-state index in [1.807, 2.05) is 73.7 Å². The van der Waals surface area contributed by atoms with Crippen LogP contribution in [0.2, 0.25) is 0 Å². The number of benzene rings is 3. The number of nitrogens with one attached hydrogen (secondary N) is 1. The molecule has 0 bridgehead atoms. The first kappa shape index (κ1) is 18.6. The van der Waals surface area contributed by atoms with E-state index in [-0.39, 0.29) is 18.6 Å². The molecule has 27 heavy (non-hydrogen) atoms. The van der Waals surface area contributed by atoms with E-state index >= 15 is 0 Å². The van der Waals surface area contributed by atoms with Crippen molar-refractivity contribution in [2.75, 3.05) is 20.3 Å². The van der Waals surface area contributed by atoms with Crippen LogP contribution in [-0.2, 0) is 4.79 Å². The molecule has 5 nitrogen and oxygen atoms in total. The van der Waals surface area contributed by atoms with E-state index in [9.17, 15) is 4.79 Å². The van der Waals surface area contributed by atoms with E-state index < -0.39 is 0 Å². The van der Waals surface area contributed by atoms with Crippen LogP contribution < -0.4 is 19.5 Å². The average Bonchev–Trinajstić information content (AvgIpc) is 2.71. The van der Waals surface area contributed by atoms with Gasteiger partial charge in [0, 0.05) is 0 Å². The van der Waals surface area contributed by atoms with Gasteiger partial charge in [-0.05, 0) is 54.1 Å². The van der Waals surface area contributed by atoms with Crippen molar-refractivity contribution in [2.24, 2.45) is 0 Å². The summed E-state index contributed by atoms with van der Waals surface area (Å²) in [6.45, 7) is 2.22. The second kappa shape index (κ2) is 8.94. The van der Waals surface area contributed by atoms with Crippen LogP contribution in [-0.4, -0.2) is 32.3 Å². The number of ether oxygens (including phenoxy) is 3. The Bertz CT molecular complexity index is 892. The van der Waals surface area contributed by atoms with Crippen LogP contribution in [0.1, 0.15) is 6.92 Å². The molecule has 140 valence electrons. The van der Waals surface area contributed by atoms with Gasteiger partial charge in [0.1, 0.15) is 23.9 Å². The van der Waals surface area contributed by atoms with Gasteiger partial charge >= 0.3 is 0 Å². The fourth-order valence-electron chi connectivity index (χ4n) is 2.66. The van der Waals surface area contributed by atoms with Crippen molar-refractivity contribution in [3.63, 3.8) is 0 Å². The van der Waals surface area contributed by atoms with Crippen molar-refractivity contribution >= 4 is 16.7 Å². The van der Waals surface area contributed by atoms with E-state index in [1.54, 1.807) is 7.11 Å². The molecule has 0 heterocycles. The first-order valence-electron chi connectivity index (χ1n) is 8.82. The minimum atomic E-state index is -0.186. The fraction of sp³-hybridized carbons (Fsp3) is 0.227. The molecule has 5 heteroatoms. The van der Waals surface area contributed by atoms with E-state index in [1.165, 1.54) is 0 Å². The number of carbonyl (C=O) groups is 1. The Morgan fingerprint density at radius 1 is 0.889 bits per heavy atom. The molecule has 0 fully saturated rings. The fourth-order valence-corrected chi connectivity index (χ4v) is 2.66. The Morgan fingerprint density at radius 3 is 2.30 bits per heavy atom. The molecule has 0 radical (unpaired) electrons. The molecule has 0 spiro atoms. The van der Waals surface area contributed by atoms with E-state index in [2.05, 4.69) is 5.32 Å². The first-order valence-corrected chi connectivity index (χ1v) is 8.82. The number of hydrogen-bond donors (Lipinski definition) is 1. The van der Waals surface area contributed by atoms with Gasteiger partial charge < -0.3 is 19.5 Å². The zero-order valence-corrected chi connectivity index (χ0v) is 15.5. The number of rotatable bonds is 8. The molecule has 1 N–H and O–H groups in total. The van der Waals surface area contributed by atoms with Crippen molar-refractivity contribution in [3.8, 4) is 17.2 Å². The summed E-state index contributed by atoms with van der Waals surface area (Å²) in [6.07, 6.45) is 0. The molecule has 3 aromatic rings. The predicted molar refractivity (Wildman–Crippen MR) is 106 cm³/mol. The zero-order valence-electron chi connectivity index (χ0n) is 15.5. The number of carbonyl (C=O) groups excluding carboxylic acids is 1. The largest absolute Gasteiger partial charge is 0.497 e. The van der Waals surface area contributed by atoms with Crippen LogP contribution in [0.15, 0.2) is 66.7 Å². The monoisotopic (exact) mass is 365 g/mol. The van der Waals surface area contributed by atoms with Crippen LogP contribution in [0, 0.1) is 0 Å². The lowest BCUT2D eigenvalue weighted by Crippen LogP contribution is -2.39. The van der Waals surface area contributed by atoms with Crippen LogP contribution in [0.3, 0.4) is 0 Å². The maximum atomic E-state index is 12.1. The first-order chi connectivity index (χ1) is 13.1. The molecular formula is C22H23NO4. The molecule has 0 aliphatic rings. The molecule has 3 aromatic carbocycles. The highest BCUT2D eigenvalue weighted by atomic mass is 16.5. The summed E-state index contributed by atoms with van der Waals surface area (Å²) < 4.78 is 16.4. The highest BCUT2D eigenvalue weighted by Crippen LogP contribution is 2.20. The molecule has 0 saturated heterocycles. The molecule has 0 aliphatic carbocycles. The minimum absolute atomic E-state index is 0.0365. The van der Waals surface area contributed by atoms with Gasteiger partial charge in [-0.15, -0.1) is 0 Å². The third-order valence-corrected chi connectivity index (χ3v) is 4.06. The van der Waals surface area contributed by atoms with Crippen LogP contribution in [0.5, 0.6) is 17.2 Å². The molecule has 1 amide bonds.